The summed E-state index contributed by atoms with van der Waals surface area (Å²) in [5, 5.41) is 9.74. The third-order valence-corrected chi connectivity index (χ3v) is 8.17. The highest BCUT2D eigenvalue weighted by molar-refractivity contribution is 7.91. The van der Waals surface area contributed by atoms with Gasteiger partial charge < -0.3 is 15.7 Å². The first-order chi connectivity index (χ1) is 14.6. The summed E-state index contributed by atoms with van der Waals surface area (Å²) < 4.78 is 105. The highest BCUT2D eigenvalue weighted by Gasteiger charge is 2.71. The van der Waals surface area contributed by atoms with Crippen LogP contribution in [0.2, 0.25) is 0 Å². The summed E-state index contributed by atoms with van der Waals surface area (Å²) in [6.45, 7) is 1.58. The largest absolute Gasteiger partial charge is 0.430 e. The molecule has 178 valence electrons. The molecule has 32 heavy (non-hydrogen) atoms. The van der Waals surface area contributed by atoms with Crippen LogP contribution in [0.15, 0.2) is 28.7 Å². The molecule has 0 saturated carbocycles. The average Bonchev–Trinajstić information content (AvgIpc) is 3.13. The molecular weight excluding hydrogens is 488 g/mol. The summed E-state index contributed by atoms with van der Waals surface area (Å²) in [5.41, 5.74) is -1.13. The van der Waals surface area contributed by atoms with Gasteiger partial charge in [-0.15, -0.1) is 11.3 Å². The number of halogens is 6. The Balaban J connectivity index is 1.81. The van der Waals surface area contributed by atoms with Crippen molar-refractivity contribution in [3.05, 3.63) is 30.1 Å². The van der Waals surface area contributed by atoms with Crippen LogP contribution in [-0.4, -0.2) is 65.8 Å². The summed E-state index contributed by atoms with van der Waals surface area (Å²) in [4.78, 5) is 8.58. The van der Waals surface area contributed by atoms with E-state index in [-0.39, 0.29) is 42.2 Å². The van der Waals surface area contributed by atoms with E-state index in [1.165, 1.54) is 21.3 Å². The second-order valence-corrected chi connectivity index (χ2v) is 10.3. The first-order valence-electron chi connectivity index (χ1n) is 8.89. The molecule has 2 aromatic rings. The minimum Gasteiger partial charge on any atom is -0.391 e. The van der Waals surface area contributed by atoms with E-state index in [1.54, 1.807) is 6.92 Å². The number of hydrogen-bond donors (Lipinski definition) is 2. The van der Waals surface area contributed by atoms with Crippen molar-refractivity contribution in [3.8, 4) is 0 Å². The maximum absolute atomic E-state index is 13.0. The first kappa shape index (κ1) is 24.5. The van der Waals surface area contributed by atoms with Gasteiger partial charge in [0, 0.05) is 43.6 Å². The predicted molar refractivity (Wildman–Crippen MR) is 102 cm³/mol. The molecule has 16 heteroatoms. The number of sulfonamides is 1. The van der Waals surface area contributed by atoms with Crippen molar-refractivity contribution in [2.45, 2.75) is 35.1 Å². The monoisotopic (exact) mass is 505 g/mol. The molecule has 3 N–H and O–H groups in total. The van der Waals surface area contributed by atoms with E-state index in [1.807, 2.05) is 0 Å². The third kappa shape index (κ3) is 4.11. The van der Waals surface area contributed by atoms with E-state index >= 15 is 0 Å². The fourth-order valence-corrected chi connectivity index (χ4v) is 5.94. The van der Waals surface area contributed by atoms with Gasteiger partial charge in [0.25, 0.3) is 15.6 Å². The van der Waals surface area contributed by atoms with Crippen LogP contribution in [0, 0.1) is 0 Å². The van der Waals surface area contributed by atoms with Gasteiger partial charge in [-0.05, 0) is 19.1 Å². The molecule has 3 rings (SSSR count). The van der Waals surface area contributed by atoms with Crippen LogP contribution < -0.4 is 10.6 Å². The molecule has 2 aromatic heterocycles. The van der Waals surface area contributed by atoms with Gasteiger partial charge in [-0.1, -0.05) is 0 Å². The number of aromatic nitrogens is 2. The van der Waals surface area contributed by atoms with Crippen LogP contribution in [0.25, 0.3) is 0 Å². The topological polar surface area (TPSA) is 113 Å². The van der Waals surface area contributed by atoms with Crippen LogP contribution in [0.4, 0.5) is 37.3 Å². The van der Waals surface area contributed by atoms with E-state index in [4.69, 9.17) is 5.73 Å². The molecule has 1 aliphatic rings. The first-order valence-corrected chi connectivity index (χ1v) is 11.1. The van der Waals surface area contributed by atoms with Crippen LogP contribution >= 0.6 is 11.3 Å². The summed E-state index contributed by atoms with van der Waals surface area (Å²) in [6.07, 6.45) is -11.6. The lowest BCUT2D eigenvalue weighted by atomic mass is 9.95. The minimum absolute atomic E-state index is 0.0232. The number of aliphatic hydroxyl groups is 1. The number of hydrogen-bond acceptors (Lipinski definition) is 8. The minimum atomic E-state index is -6.05. The van der Waals surface area contributed by atoms with Gasteiger partial charge in [0.05, 0.1) is 5.00 Å². The summed E-state index contributed by atoms with van der Waals surface area (Å²) in [7, 11) is -3.82. The van der Waals surface area contributed by atoms with Gasteiger partial charge in [0.15, 0.2) is 0 Å². The Labute approximate surface area is 182 Å². The number of nitrogens with two attached hydrogens (primary N) is 1. The zero-order valence-electron chi connectivity index (χ0n) is 16.2. The van der Waals surface area contributed by atoms with E-state index in [0.29, 0.717) is 5.00 Å². The molecule has 0 aromatic carbocycles. The van der Waals surface area contributed by atoms with Crippen molar-refractivity contribution < 1.29 is 39.9 Å². The molecule has 8 nitrogen and oxygen atoms in total. The SMILES string of the molecule is CC1CN(S(=O)(=O)c2ccc(N)s2)CCN1c1ncc(C(O)(C(F)(F)F)C(F)(F)F)cn1. The van der Waals surface area contributed by atoms with Gasteiger partial charge in [0.1, 0.15) is 4.21 Å². The van der Waals surface area contributed by atoms with Crippen LogP contribution in [0.3, 0.4) is 0 Å². The molecule has 0 radical (unpaired) electrons. The lowest BCUT2D eigenvalue weighted by Crippen LogP contribution is -2.55. The van der Waals surface area contributed by atoms with Crippen molar-refractivity contribution in [2.24, 2.45) is 0 Å². The molecule has 1 fully saturated rings. The smallest absolute Gasteiger partial charge is 0.391 e. The zero-order valence-corrected chi connectivity index (χ0v) is 17.9. The highest BCUT2D eigenvalue weighted by atomic mass is 32.2. The number of alkyl halides is 6. The molecule has 0 bridgehead atoms. The number of anilines is 2. The third-order valence-electron chi connectivity index (χ3n) is 4.92. The van der Waals surface area contributed by atoms with Gasteiger partial charge >= 0.3 is 12.4 Å². The number of nitrogen functional groups attached to an aromatic ring is 1. The zero-order chi connectivity index (χ0) is 24.1. The number of nitrogens with zero attached hydrogens (tertiary/aromatic N) is 4. The summed E-state index contributed by atoms with van der Waals surface area (Å²) in [5.74, 6) is -0.203. The molecule has 1 aliphatic heterocycles. The highest BCUT2D eigenvalue weighted by Crippen LogP contribution is 2.49. The van der Waals surface area contributed by atoms with E-state index < -0.39 is 39.6 Å². The lowest BCUT2D eigenvalue weighted by molar-refractivity contribution is -0.376. The van der Waals surface area contributed by atoms with Crippen molar-refractivity contribution in [1.82, 2.24) is 14.3 Å². The summed E-state index contributed by atoms with van der Waals surface area (Å²) in [6, 6.07) is 2.28. The number of piperazine rings is 1. The molecular formula is C16H17F6N5O3S2. The number of thiophene rings is 1. The van der Waals surface area contributed by atoms with Gasteiger partial charge in [0.2, 0.25) is 5.95 Å². The quantitative estimate of drug-likeness (QED) is 0.614. The number of rotatable bonds is 4. The molecule has 0 amide bonds. The fourth-order valence-electron chi connectivity index (χ4n) is 3.18. The van der Waals surface area contributed by atoms with E-state index in [2.05, 4.69) is 9.97 Å². The van der Waals surface area contributed by atoms with Crippen LogP contribution in [0.1, 0.15) is 12.5 Å². The van der Waals surface area contributed by atoms with Crippen LogP contribution in [0.5, 0.6) is 0 Å². The Kier molecular flexibility index (Phi) is 6.12. The van der Waals surface area contributed by atoms with E-state index in [9.17, 15) is 39.9 Å². The van der Waals surface area contributed by atoms with Crippen molar-refractivity contribution in [1.29, 1.82) is 0 Å². The van der Waals surface area contributed by atoms with Gasteiger partial charge in [-0.3, -0.25) is 0 Å². The second kappa shape index (κ2) is 8.00. The lowest BCUT2D eigenvalue weighted by Gasteiger charge is -2.39. The molecule has 0 spiro atoms. The standard InChI is InChI=1S/C16H17F6N5O3S2/c1-9-8-26(32(29,30)12-3-2-11(23)31-12)4-5-27(9)13-24-6-10(7-25-13)14(28,15(17,18)19)16(20,21)22/h2-3,6-7,9,28H,4-5,8,23H2,1H3. The molecule has 0 aliphatic carbocycles. The molecule has 1 unspecified atom stereocenters. The normalized spacial score (nSPS) is 19.4. The van der Waals surface area contributed by atoms with Crippen LogP contribution in [-0.2, 0) is 15.6 Å². The molecule has 3 heterocycles. The Morgan fingerprint density at radius 2 is 1.66 bits per heavy atom. The van der Waals surface area contributed by atoms with Gasteiger partial charge in [-0.2, -0.15) is 30.6 Å². The molecule has 1 saturated heterocycles. The Hall–Kier alpha value is -2.17. The predicted octanol–water partition coefficient (Wildman–Crippen LogP) is 2.33. The van der Waals surface area contributed by atoms with E-state index in [0.717, 1.165) is 11.3 Å². The maximum Gasteiger partial charge on any atom is 0.430 e. The Morgan fingerprint density at radius 1 is 1.09 bits per heavy atom. The maximum atomic E-state index is 13.0. The van der Waals surface area contributed by atoms with Crippen molar-refractivity contribution >= 4 is 32.3 Å². The Bertz CT molecular complexity index is 1060. The summed E-state index contributed by atoms with van der Waals surface area (Å²) >= 11 is 0.897. The van der Waals surface area contributed by atoms with Crippen molar-refractivity contribution in [2.75, 3.05) is 30.3 Å². The average molecular weight is 505 g/mol. The molecule has 1 atom stereocenters. The second-order valence-electron chi connectivity index (χ2n) is 7.04. The Morgan fingerprint density at radius 3 is 2.09 bits per heavy atom. The fraction of sp³-hybridized carbons (Fsp3) is 0.500. The van der Waals surface area contributed by atoms with Crippen molar-refractivity contribution in [3.63, 3.8) is 0 Å². The van der Waals surface area contributed by atoms with Gasteiger partial charge in [-0.25, -0.2) is 18.4 Å².